The smallest absolute Gasteiger partial charge is 0.202 e. The van der Waals surface area contributed by atoms with Gasteiger partial charge in [-0.3, -0.25) is 4.79 Å². The molecule has 3 rings (SSSR count). The van der Waals surface area contributed by atoms with Crippen LogP contribution in [0, 0.1) is 0 Å². The number of rotatable bonds is 1. The summed E-state index contributed by atoms with van der Waals surface area (Å²) >= 11 is 0. The minimum absolute atomic E-state index is 0.115. The number of phenolic OH excluding ortho intramolecular Hbond substituents is 3. The van der Waals surface area contributed by atoms with E-state index in [0.717, 1.165) is 11.6 Å². The summed E-state index contributed by atoms with van der Waals surface area (Å²) in [5.41, 5.74) is 1.45. The van der Waals surface area contributed by atoms with Gasteiger partial charge in [-0.05, 0) is 29.7 Å². The fourth-order valence-corrected chi connectivity index (χ4v) is 2.45. The lowest BCUT2D eigenvalue weighted by Crippen LogP contribution is -2.05. The Morgan fingerprint density at radius 3 is 2.38 bits per heavy atom. The molecule has 0 bridgehead atoms. The van der Waals surface area contributed by atoms with Crippen LogP contribution in [0.2, 0.25) is 0 Å². The third kappa shape index (κ3) is 1.89. The first kappa shape index (κ1) is 13.3. The molecule has 0 saturated heterocycles. The maximum absolute atomic E-state index is 12.5. The van der Waals surface area contributed by atoms with Crippen LogP contribution in [0.5, 0.6) is 17.2 Å². The van der Waals surface area contributed by atoms with Crippen molar-refractivity contribution in [2.75, 3.05) is 0 Å². The number of hydrogen-bond acceptors (Lipinski definition) is 4. The zero-order valence-corrected chi connectivity index (χ0v) is 11.6. The van der Waals surface area contributed by atoms with E-state index in [0.29, 0.717) is 16.8 Å². The zero-order valence-electron chi connectivity index (χ0n) is 11.6. The lowest BCUT2D eigenvalue weighted by atomic mass is 10.0. The van der Waals surface area contributed by atoms with Crippen molar-refractivity contribution in [2.45, 2.75) is 19.8 Å². The molecular formula is C16H15NO4. The molecule has 0 fully saturated rings. The number of aromatic hydroxyl groups is 3. The van der Waals surface area contributed by atoms with Crippen LogP contribution in [0.1, 0.15) is 25.3 Å². The second kappa shape index (κ2) is 4.41. The molecule has 0 spiro atoms. The molecule has 108 valence electrons. The molecule has 0 unspecified atom stereocenters. The van der Waals surface area contributed by atoms with E-state index < -0.39 is 17.2 Å². The van der Waals surface area contributed by atoms with Gasteiger partial charge in [0.15, 0.2) is 16.9 Å². The first-order chi connectivity index (χ1) is 9.90. The van der Waals surface area contributed by atoms with Gasteiger partial charge in [-0.15, -0.1) is 0 Å². The van der Waals surface area contributed by atoms with Gasteiger partial charge in [0.05, 0.1) is 16.4 Å². The standard InChI is InChI=1S/C16H15NO4/c1-7(2)8-3-4-9-11(5-8)17-13-10(14(9)19)6-12(18)15(20)16(13)21/h3-7,18,20-21H,1-2H3,(H,17,19). The monoisotopic (exact) mass is 285 g/mol. The third-order valence-corrected chi connectivity index (χ3v) is 3.71. The molecule has 0 radical (unpaired) electrons. The topological polar surface area (TPSA) is 93.6 Å². The SMILES string of the molecule is CC(C)c1ccc2c(=O)c3cc(O)c(O)c(O)c3[nH]c2c1. The molecule has 5 nitrogen and oxygen atoms in total. The summed E-state index contributed by atoms with van der Waals surface area (Å²) in [7, 11) is 0. The van der Waals surface area contributed by atoms with Gasteiger partial charge in [0.1, 0.15) is 0 Å². The molecule has 0 aliphatic rings. The molecule has 21 heavy (non-hydrogen) atoms. The summed E-state index contributed by atoms with van der Waals surface area (Å²) in [6, 6.07) is 6.61. The van der Waals surface area contributed by atoms with Crippen molar-refractivity contribution in [2.24, 2.45) is 0 Å². The minimum Gasteiger partial charge on any atom is -0.504 e. The summed E-state index contributed by atoms with van der Waals surface area (Å²) in [6.07, 6.45) is 0. The predicted molar refractivity (Wildman–Crippen MR) is 81.2 cm³/mol. The Balaban J connectivity index is 2.50. The van der Waals surface area contributed by atoms with E-state index >= 15 is 0 Å². The van der Waals surface area contributed by atoms with E-state index in [1.165, 1.54) is 0 Å². The van der Waals surface area contributed by atoms with E-state index in [2.05, 4.69) is 4.98 Å². The highest BCUT2D eigenvalue weighted by Gasteiger charge is 2.16. The molecule has 4 N–H and O–H groups in total. The highest BCUT2D eigenvalue weighted by atomic mass is 16.3. The number of benzene rings is 2. The Labute approximate surface area is 120 Å². The Morgan fingerprint density at radius 1 is 1.00 bits per heavy atom. The lowest BCUT2D eigenvalue weighted by molar-refractivity contribution is 0.371. The van der Waals surface area contributed by atoms with Crippen LogP contribution in [0.25, 0.3) is 21.8 Å². The van der Waals surface area contributed by atoms with Crippen LogP contribution in [0.4, 0.5) is 0 Å². The van der Waals surface area contributed by atoms with Crippen molar-refractivity contribution in [1.82, 2.24) is 4.98 Å². The fourth-order valence-electron chi connectivity index (χ4n) is 2.45. The van der Waals surface area contributed by atoms with Gasteiger partial charge in [-0.1, -0.05) is 19.9 Å². The highest BCUT2D eigenvalue weighted by Crippen LogP contribution is 2.39. The van der Waals surface area contributed by atoms with Crippen molar-refractivity contribution < 1.29 is 15.3 Å². The van der Waals surface area contributed by atoms with Crippen molar-refractivity contribution in [1.29, 1.82) is 0 Å². The number of aromatic nitrogens is 1. The van der Waals surface area contributed by atoms with Gasteiger partial charge in [0.25, 0.3) is 0 Å². The summed E-state index contributed by atoms with van der Waals surface area (Å²) in [6.45, 7) is 4.09. The second-order valence-corrected chi connectivity index (χ2v) is 5.43. The second-order valence-electron chi connectivity index (χ2n) is 5.43. The van der Waals surface area contributed by atoms with Crippen molar-refractivity contribution in [3.63, 3.8) is 0 Å². The summed E-state index contributed by atoms with van der Waals surface area (Å²) in [4.78, 5) is 15.4. The van der Waals surface area contributed by atoms with Gasteiger partial charge in [0.2, 0.25) is 5.75 Å². The van der Waals surface area contributed by atoms with Crippen LogP contribution < -0.4 is 5.43 Å². The number of hydrogen-bond donors (Lipinski definition) is 4. The number of nitrogens with one attached hydrogen (secondary N) is 1. The van der Waals surface area contributed by atoms with Gasteiger partial charge in [0, 0.05) is 5.39 Å². The third-order valence-electron chi connectivity index (χ3n) is 3.71. The number of phenols is 3. The minimum atomic E-state index is -0.641. The van der Waals surface area contributed by atoms with Crippen LogP contribution in [0.15, 0.2) is 29.1 Å². The van der Waals surface area contributed by atoms with Gasteiger partial charge >= 0.3 is 0 Å². The molecule has 1 aromatic heterocycles. The number of H-pyrrole nitrogens is 1. The molecule has 1 heterocycles. The Kier molecular flexibility index (Phi) is 2.79. The van der Waals surface area contributed by atoms with Crippen molar-refractivity contribution >= 4 is 21.8 Å². The molecular weight excluding hydrogens is 270 g/mol. The molecule has 3 aromatic rings. The molecule has 0 aliphatic heterocycles. The molecule has 5 heteroatoms. The summed E-state index contributed by atoms with van der Waals surface area (Å²) < 4.78 is 0. The quantitative estimate of drug-likeness (QED) is 0.408. The highest BCUT2D eigenvalue weighted by molar-refractivity contribution is 5.97. The molecule has 0 amide bonds. The van der Waals surface area contributed by atoms with E-state index in [-0.39, 0.29) is 16.3 Å². The zero-order chi connectivity index (χ0) is 15.3. The molecule has 0 saturated carbocycles. The predicted octanol–water partition coefficient (Wildman–Crippen LogP) is 2.92. The Bertz CT molecular complexity index is 925. The van der Waals surface area contributed by atoms with Crippen molar-refractivity contribution in [3.8, 4) is 17.2 Å². The fraction of sp³-hybridized carbons (Fsp3) is 0.188. The number of pyridine rings is 1. The average molecular weight is 285 g/mol. The van der Waals surface area contributed by atoms with E-state index in [9.17, 15) is 20.1 Å². The van der Waals surface area contributed by atoms with Crippen LogP contribution in [-0.4, -0.2) is 20.3 Å². The van der Waals surface area contributed by atoms with Crippen LogP contribution in [-0.2, 0) is 0 Å². The summed E-state index contributed by atoms with van der Waals surface area (Å²) in [5, 5.41) is 29.7. The van der Waals surface area contributed by atoms with Gasteiger partial charge in [-0.25, -0.2) is 0 Å². The number of aromatic amines is 1. The maximum Gasteiger partial charge on any atom is 0.202 e. The van der Waals surface area contributed by atoms with Crippen molar-refractivity contribution in [3.05, 3.63) is 40.1 Å². The first-order valence-corrected chi connectivity index (χ1v) is 6.63. The normalized spacial score (nSPS) is 11.6. The van der Waals surface area contributed by atoms with Crippen LogP contribution in [0.3, 0.4) is 0 Å². The average Bonchev–Trinajstić information content (AvgIpc) is 2.46. The Morgan fingerprint density at radius 2 is 1.71 bits per heavy atom. The van der Waals surface area contributed by atoms with Gasteiger partial charge < -0.3 is 20.3 Å². The van der Waals surface area contributed by atoms with Crippen LogP contribution >= 0.6 is 0 Å². The van der Waals surface area contributed by atoms with Gasteiger partial charge in [-0.2, -0.15) is 0 Å². The van der Waals surface area contributed by atoms with E-state index in [1.807, 2.05) is 26.0 Å². The lowest BCUT2D eigenvalue weighted by Gasteiger charge is -2.10. The number of fused-ring (bicyclic) bond motifs is 2. The van der Waals surface area contributed by atoms with E-state index in [1.54, 1.807) is 6.07 Å². The molecule has 0 atom stereocenters. The first-order valence-electron chi connectivity index (χ1n) is 6.63. The maximum atomic E-state index is 12.5. The summed E-state index contributed by atoms with van der Waals surface area (Å²) in [5.74, 6) is -1.39. The molecule has 2 aromatic carbocycles. The molecule has 0 aliphatic carbocycles. The largest absolute Gasteiger partial charge is 0.504 e. The Hall–Kier alpha value is -2.69. The van der Waals surface area contributed by atoms with E-state index in [4.69, 9.17) is 0 Å².